The number of carbonyl (C=O) groups is 2. The largest absolute Gasteiger partial charge is 0.481 e. The Balaban J connectivity index is 2.14. The molecule has 144 valence electrons. The van der Waals surface area contributed by atoms with Gasteiger partial charge < -0.3 is 15.4 Å². The molecule has 0 radical (unpaired) electrons. The molecule has 0 aliphatic heterocycles. The molecule has 0 saturated heterocycles. The number of hydrogen-bond acceptors (Lipinski definition) is 3. The predicted molar refractivity (Wildman–Crippen MR) is 112 cm³/mol. The molecule has 1 aromatic heterocycles. The molecule has 3 N–H and O–H groups in total. The molecule has 0 bridgehead atoms. The standard InChI is InChI=1S/C22H22N2O3S/c1-14-13-16(22(23)27)5-10-19(14)24-17(7-12-21(25)26)6-11-20(24)15-3-8-18(28-2)9-4-15/h3-6,8-11,13H,7,12H2,1-2H3,(H2,23,27)(H,25,26). The van der Waals surface area contributed by atoms with Gasteiger partial charge in [-0.05, 0) is 73.2 Å². The maximum absolute atomic E-state index is 11.5. The van der Waals surface area contributed by atoms with Gasteiger partial charge in [0.15, 0.2) is 0 Å². The second kappa shape index (κ2) is 8.35. The number of amides is 1. The number of carboxylic acid groups (broad SMARTS) is 1. The molecule has 1 heterocycles. The highest BCUT2D eigenvalue weighted by atomic mass is 32.2. The van der Waals surface area contributed by atoms with Crippen molar-refractivity contribution in [1.82, 2.24) is 4.57 Å². The van der Waals surface area contributed by atoms with Crippen LogP contribution in [0.2, 0.25) is 0 Å². The Labute approximate surface area is 168 Å². The van der Waals surface area contributed by atoms with Crippen molar-refractivity contribution < 1.29 is 14.7 Å². The summed E-state index contributed by atoms with van der Waals surface area (Å²) in [6.45, 7) is 1.92. The summed E-state index contributed by atoms with van der Waals surface area (Å²) >= 11 is 1.68. The van der Waals surface area contributed by atoms with Crippen molar-refractivity contribution in [2.24, 2.45) is 5.73 Å². The zero-order chi connectivity index (χ0) is 20.3. The van der Waals surface area contributed by atoms with Crippen LogP contribution in [0.1, 0.15) is 28.0 Å². The van der Waals surface area contributed by atoms with Crippen LogP contribution in [0.25, 0.3) is 16.9 Å². The quantitative estimate of drug-likeness (QED) is 0.586. The Kier molecular flexibility index (Phi) is 5.90. The minimum absolute atomic E-state index is 0.0489. The molecule has 28 heavy (non-hydrogen) atoms. The first kappa shape index (κ1) is 19.8. The van der Waals surface area contributed by atoms with Gasteiger partial charge in [0.25, 0.3) is 0 Å². The van der Waals surface area contributed by atoms with Crippen molar-refractivity contribution in [1.29, 1.82) is 0 Å². The number of aliphatic carboxylic acids is 1. The van der Waals surface area contributed by atoms with E-state index in [1.54, 1.807) is 23.9 Å². The molecular formula is C22H22N2O3S. The first-order valence-electron chi connectivity index (χ1n) is 8.88. The Bertz CT molecular complexity index is 1020. The molecule has 0 aliphatic carbocycles. The number of benzene rings is 2. The van der Waals surface area contributed by atoms with Crippen LogP contribution in [0, 0.1) is 6.92 Å². The molecule has 3 rings (SSSR count). The number of aromatic nitrogens is 1. The first-order valence-corrected chi connectivity index (χ1v) is 10.1. The number of primary amides is 1. The predicted octanol–water partition coefficient (Wildman–Crippen LogP) is 4.29. The van der Waals surface area contributed by atoms with Crippen LogP contribution in [-0.2, 0) is 11.2 Å². The normalized spacial score (nSPS) is 10.8. The smallest absolute Gasteiger partial charge is 0.303 e. The van der Waals surface area contributed by atoms with Gasteiger partial charge in [0, 0.05) is 21.8 Å². The van der Waals surface area contributed by atoms with Crippen LogP contribution in [-0.4, -0.2) is 27.8 Å². The van der Waals surface area contributed by atoms with Gasteiger partial charge in [-0.25, -0.2) is 0 Å². The van der Waals surface area contributed by atoms with E-state index in [2.05, 4.69) is 28.8 Å². The van der Waals surface area contributed by atoms with Gasteiger partial charge in [0.2, 0.25) is 5.91 Å². The summed E-state index contributed by atoms with van der Waals surface area (Å²) in [4.78, 5) is 23.8. The zero-order valence-electron chi connectivity index (χ0n) is 15.8. The van der Waals surface area contributed by atoms with Crippen molar-refractivity contribution in [3.63, 3.8) is 0 Å². The molecule has 0 unspecified atom stereocenters. The first-order chi connectivity index (χ1) is 13.4. The van der Waals surface area contributed by atoms with Crippen molar-refractivity contribution in [3.05, 3.63) is 71.4 Å². The summed E-state index contributed by atoms with van der Waals surface area (Å²) in [5, 5.41) is 9.11. The number of nitrogens with two attached hydrogens (primary N) is 1. The molecule has 0 aliphatic rings. The van der Waals surface area contributed by atoms with Crippen molar-refractivity contribution >= 4 is 23.6 Å². The van der Waals surface area contributed by atoms with E-state index in [0.29, 0.717) is 12.0 Å². The third-order valence-electron chi connectivity index (χ3n) is 4.66. The van der Waals surface area contributed by atoms with Gasteiger partial charge >= 0.3 is 5.97 Å². The molecule has 2 aromatic carbocycles. The topological polar surface area (TPSA) is 85.3 Å². The van der Waals surface area contributed by atoms with E-state index in [1.165, 1.54) is 4.90 Å². The minimum atomic E-state index is -0.834. The average molecular weight is 394 g/mol. The number of rotatable bonds is 7. The van der Waals surface area contributed by atoms with E-state index in [4.69, 9.17) is 10.8 Å². The van der Waals surface area contributed by atoms with Gasteiger partial charge in [-0.2, -0.15) is 0 Å². The second-order valence-electron chi connectivity index (χ2n) is 6.53. The van der Waals surface area contributed by atoms with Crippen LogP contribution < -0.4 is 5.73 Å². The lowest BCUT2D eigenvalue weighted by atomic mass is 10.1. The zero-order valence-corrected chi connectivity index (χ0v) is 16.6. The highest BCUT2D eigenvalue weighted by molar-refractivity contribution is 7.98. The summed E-state index contributed by atoms with van der Waals surface area (Å²) in [6, 6.07) is 17.5. The van der Waals surface area contributed by atoms with Gasteiger partial charge in [-0.3, -0.25) is 9.59 Å². The van der Waals surface area contributed by atoms with Gasteiger partial charge in [0.1, 0.15) is 0 Å². The molecular weight excluding hydrogens is 372 g/mol. The Hall–Kier alpha value is -2.99. The van der Waals surface area contributed by atoms with Gasteiger partial charge in [-0.1, -0.05) is 12.1 Å². The fourth-order valence-corrected chi connectivity index (χ4v) is 3.65. The maximum Gasteiger partial charge on any atom is 0.303 e. The van der Waals surface area contributed by atoms with Crippen molar-refractivity contribution in [2.45, 2.75) is 24.7 Å². The average Bonchev–Trinajstić information content (AvgIpc) is 3.10. The van der Waals surface area contributed by atoms with Gasteiger partial charge in [0.05, 0.1) is 12.1 Å². The fraction of sp³-hybridized carbons (Fsp3) is 0.182. The SMILES string of the molecule is CSc1ccc(-c2ccc(CCC(=O)O)n2-c2ccc(C(N)=O)cc2C)cc1. The molecule has 0 saturated carbocycles. The Morgan fingerprint density at radius 1 is 1.07 bits per heavy atom. The van der Waals surface area contributed by atoms with Gasteiger partial charge in [-0.15, -0.1) is 11.8 Å². The number of hydrogen-bond donors (Lipinski definition) is 2. The highest BCUT2D eigenvalue weighted by Crippen LogP contribution is 2.30. The Morgan fingerprint density at radius 2 is 1.79 bits per heavy atom. The third kappa shape index (κ3) is 4.12. The van der Waals surface area contributed by atoms with E-state index in [9.17, 15) is 9.59 Å². The molecule has 5 nitrogen and oxygen atoms in total. The molecule has 1 amide bonds. The summed E-state index contributed by atoms with van der Waals surface area (Å²) in [6.07, 6.45) is 2.49. The second-order valence-corrected chi connectivity index (χ2v) is 7.41. The summed E-state index contributed by atoms with van der Waals surface area (Å²) in [7, 11) is 0. The van der Waals surface area contributed by atoms with E-state index in [0.717, 1.165) is 28.2 Å². The van der Waals surface area contributed by atoms with Crippen molar-refractivity contribution in [3.8, 4) is 16.9 Å². The molecule has 0 atom stereocenters. The molecule has 3 aromatic rings. The van der Waals surface area contributed by atoms with Crippen molar-refractivity contribution in [2.75, 3.05) is 6.26 Å². The van der Waals surface area contributed by atoms with Crippen LogP contribution in [0.5, 0.6) is 0 Å². The molecule has 0 spiro atoms. The number of nitrogens with zero attached hydrogens (tertiary/aromatic N) is 1. The number of carboxylic acids is 1. The third-order valence-corrected chi connectivity index (χ3v) is 5.41. The molecule has 0 fully saturated rings. The minimum Gasteiger partial charge on any atom is -0.481 e. The van der Waals surface area contributed by atoms with Crippen LogP contribution >= 0.6 is 11.8 Å². The van der Waals surface area contributed by atoms with Crippen LogP contribution in [0.15, 0.2) is 59.5 Å². The summed E-state index contributed by atoms with van der Waals surface area (Å²) in [5.74, 6) is -1.31. The lowest BCUT2D eigenvalue weighted by Gasteiger charge is -2.17. The number of thioether (sulfide) groups is 1. The monoisotopic (exact) mass is 394 g/mol. The van der Waals surface area contributed by atoms with E-state index in [1.807, 2.05) is 31.4 Å². The maximum atomic E-state index is 11.5. The van der Waals surface area contributed by atoms with E-state index in [-0.39, 0.29) is 6.42 Å². The van der Waals surface area contributed by atoms with Crippen LogP contribution in [0.3, 0.4) is 0 Å². The summed E-state index contributed by atoms with van der Waals surface area (Å²) < 4.78 is 2.07. The van der Waals surface area contributed by atoms with Crippen LogP contribution in [0.4, 0.5) is 0 Å². The summed E-state index contributed by atoms with van der Waals surface area (Å²) in [5.41, 5.74) is 10.6. The lowest BCUT2D eigenvalue weighted by Crippen LogP contribution is -2.12. The number of carbonyl (C=O) groups excluding carboxylic acids is 1. The molecule has 6 heteroatoms. The Morgan fingerprint density at radius 3 is 2.36 bits per heavy atom. The lowest BCUT2D eigenvalue weighted by molar-refractivity contribution is -0.136. The van der Waals surface area contributed by atoms with E-state index >= 15 is 0 Å². The van der Waals surface area contributed by atoms with E-state index < -0.39 is 11.9 Å². The highest BCUT2D eigenvalue weighted by Gasteiger charge is 2.15. The number of aryl methyl sites for hydroxylation is 2. The fourth-order valence-electron chi connectivity index (χ4n) is 3.24.